The second-order valence-electron chi connectivity index (χ2n) is 29.0. The van der Waals surface area contributed by atoms with Crippen LogP contribution in [-0.4, -0.2) is 0 Å². The van der Waals surface area contributed by atoms with E-state index in [4.69, 9.17) is 0 Å². The molecule has 0 amide bonds. The molecule has 16 aromatic rings. The summed E-state index contributed by atoms with van der Waals surface area (Å²) in [5, 5.41) is 0. The van der Waals surface area contributed by atoms with Gasteiger partial charge in [0.1, 0.15) is 0 Å². The molecule has 0 aliphatic carbocycles. The third-order valence-corrected chi connectivity index (χ3v) is 21.2. The molecule has 0 aromatic heterocycles. The number of benzene rings is 16. The quantitative estimate of drug-likeness (QED) is 0.114. The average Bonchev–Trinajstić information content (AvgIpc) is 0.802. The van der Waals surface area contributed by atoms with Gasteiger partial charge in [-0.15, -0.1) is 0 Å². The van der Waals surface area contributed by atoms with Crippen LogP contribution in [-0.2, 0) is 0 Å². The summed E-state index contributed by atoms with van der Waals surface area (Å²) in [6, 6.07) is 131. The molecular weight excluding hydrogens is 1660 g/mol. The van der Waals surface area contributed by atoms with E-state index in [1.54, 1.807) is 0 Å². The van der Waals surface area contributed by atoms with Gasteiger partial charge in [0.25, 0.3) is 0 Å². The second kappa shape index (κ2) is 78.5. The molecule has 0 N–H and O–H groups in total. The van der Waals surface area contributed by atoms with Crippen molar-refractivity contribution in [1.29, 1.82) is 0 Å². The topological polar surface area (TPSA) is 0 Å². The molecule has 0 aliphatic heterocycles. The first-order valence-electron chi connectivity index (χ1n) is 52.9. The van der Waals surface area contributed by atoms with E-state index in [2.05, 4.69) is 447 Å². The van der Waals surface area contributed by atoms with Crippen molar-refractivity contribution >= 4 is 0 Å². The fourth-order valence-corrected chi connectivity index (χ4v) is 15.1. The van der Waals surface area contributed by atoms with Gasteiger partial charge in [-0.2, -0.15) is 0 Å². The molecule has 0 bridgehead atoms. The van der Waals surface area contributed by atoms with Crippen molar-refractivity contribution in [2.45, 2.75) is 291 Å². The van der Waals surface area contributed by atoms with Crippen LogP contribution in [0.25, 0.3) is 134 Å². The van der Waals surface area contributed by atoms with Crippen LogP contribution in [0.15, 0.2) is 364 Å². The molecule has 0 spiro atoms. The predicted octanol–water partition coefficient (Wildman–Crippen LogP) is 45.8. The van der Waals surface area contributed by atoms with Gasteiger partial charge >= 0.3 is 0 Å². The Bertz CT molecular complexity index is 4510. The minimum atomic E-state index is 1.27. The first kappa shape index (κ1) is 130. The molecule has 0 fully saturated rings. The average molecular weight is 1850 g/mol. The minimum Gasteiger partial charge on any atom is -0.0683 e. The standard InChI is InChI=1S/4C27H24.15C2H6/c4*1-19-10-4-7-13-25(19)22-16-23(26-14-8-5-11-20(26)2)18-24(17-22)27-15-9-6-12-21(27)3;15*1-2/h4*4-18H,1-3H3;15*1-2H3. The Kier molecular flexibility index (Phi) is 73.8. The van der Waals surface area contributed by atoms with E-state index >= 15 is 0 Å². The van der Waals surface area contributed by atoms with E-state index in [1.165, 1.54) is 200 Å². The predicted molar refractivity (Wildman–Crippen MR) is 638 cm³/mol. The van der Waals surface area contributed by atoms with Crippen molar-refractivity contribution < 1.29 is 0 Å². The van der Waals surface area contributed by atoms with Crippen molar-refractivity contribution in [1.82, 2.24) is 0 Å². The van der Waals surface area contributed by atoms with E-state index < -0.39 is 0 Å². The van der Waals surface area contributed by atoms with Crippen LogP contribution in [0, 0.1) is 83.1 Å². The highest BCUT2D eigenvalue weighted by atomic mass is 14.2. The molecule has 0 heteroatoms. The van der Waals surface area contributed by atoms with Crippen LogP contribution < -0.4 is 0 Å². The molecule has 0 saturated heterocycles. The lowest BCUT2D eigenvalue weighted by Crippen LogP contribution is -1.90. The van der Waals surface area contributed by atoms with Gasteiger partial charge in [0.15, 0.2) is 0 Å². The minimum absolute atomic E-state index is 1.27. The highest BCUT2D eigenvalue weighted by molar-refractivity contribution is 5.89. The zero-order valence-corrected chi connectivity index (χ0v) is 94.6. The molecule has 16 rings (SSSR count). The number of rotatable bonds is 12. The lowest BCUT2D eigenvalue weighted by molar-refractivity contribution is 1.42. The van der Waals surface area contributed by atoms with Crippen molar-refractivity contribution in [2.24, 2.45) is 0 Å². The largest absolute Gasteiger partial charge is 0.0683 e. The van der Waals surface area contributed by atoms with Gasteiger partial charge in [-0.1, -0.05) is 499 Å². The molecular formula is C138H186. The van der Waals surface area contributed by atoms with Crippen LogP contribution in [0.1, 0.15) is 274 Å². The van der Waals surface area contributed by atoms with Crippen LogP contribution in [0.4, 0.5) is 0 Å². The van der Waals surface area contributed by atoms with Crippen LogP contribution >= 0.6 is 0 Å². The first-order valence-corrected chi connectivity index (χ1v) is 52.9. The monoisotopic (exact) mass is 1840 g/mol. The zero-order chi connectivity index (χ0) is 105. The van der Waals surface area contributed by atoms with E-state index in [0.29, 0.717) is 0 Å². The molecule has 0 radical (unpaired) electrons. The van der Waals surface area contributed by atoms with Crippen LogP contribution in [0.5, 0.6) is 0 Å². The Morgan fingerprint density at radius 2 is 0.130 bits per heavy atom. The van der Waals surface area contributed by atoms with E-state index in [1.807, 2.05) is 208 Å². The molecule has 738 valence electrons. The van der Waals surface area contributed by atoms with E-state index in [9.17, 15) is 0 Å². The van der Waals surface area contributed by atoms with Crippen LogP contribution in [0.2, 0.25) is 0 Å². The van der Waals surface area contributed by atoms with Crippen molar-refractivity contribution in [3.63, 3.8) is 0 Å². The lowest BCUT2D eigenvalue weighted by Gasteiger charge is -2.15. The zero-order valence-electron chi connectivity index (χ0n) is 94.6. The molecule has 0 unspecified atom stereocenters. The Labute approximate surface area is 849 Å². The van der Waals surface area contributed by atoms with Gasteiger partial charge in [0, 0.05) is 0 Å². The van der Waals surface area contributed by atoms with Crippen LogP contribution in [0.3, 0.4) is 0 Å². The summed E-state index contributed by atoms with van der Waals surface area (Å²) in [5.41, 5.74) is 46.4. The summed E-state index contributed by atoms with van der Waals surface area (Å²) >= 11 is 0. The summed E-state index contributed by atoms with van der Waals surface area (Å²) in [7, 11) is 0. The van der Waals surface area contributed by atoms with Crippen molar-refractivity contribution in [2.75, 3.05) is 0 Å². The summed E-state index contributed by atoms with van der Waals surface area (Å²) in [5.74, 6) is 0. The maximum absolute atomic E-state index is 2.33. The lowest BCUT2D eigenvalue weighted by atomic mass is 9.89. The Balaban J connectivity index is -0.00000161. The third kappa shape index (κ3) is 39.9. The second-order valence-corrected chi connectivity index (χ2v) is 29.0. The van der Waals surface area contributed by atoms with E-state index in [0.717, 1.165) is 0 Å². The van der Waals surface area contributed by atoms with Gasteiger partial charge in [0.05, 0.1) is 0 Å². The van der Waals surface area contributed by atoms with Gasteiger partial charge in [0.2, 0.25) is 0 Å². The highest BCUT2D eigenvalue weighted by Crippen LogP contribution is 2.42. The van der Waals surface area contributed by atoms with Gasteiger partial charge in [-0.25, -0.2) is 0 Å². The fourth-order valence-electron chi connectivity index (χ4n) is 15.1. The normalized spacial score (nSPS) is 9.09. The smallest absolute Gasteiger partial charge is 0.0154 e. The summed E-state index contributed by atoms with van der Waals surface area (Å²) in [4.78, 5) is 0. The fraction of sp³-hybridized carbons (Fsp3) is 0.304. The number of aryl methyl sites for hydroxylation is 12. The van der Waals surface area contributed by atoms with Gasteiger partial charge in [-0.05, 0) is 356 Å². The Morgan fingerprint density at radius 1 is 0.0797 bits per heavy atom. The molecule has 0 heterocycles. The third-order valence-electron chi connectivity index (χ3n) is 21.2. The molecule has 16 aromatic carbocycles. The summed E-state index contributed by atoms with van der Waals surface area (Å²) < 4.78 is 0. The number of hydrogen-bond acceptors (Lipinski definition) is 0. The van der Waals surface area contributed by atoms with Crippen molar-refractivity contribution in [3.8, 4) is 134 Å². The van der Waals surface area contributed by atoms with Gasteiger partial charge in [-0.3, -0.25) is 0 Å². The number of hydrogen-bond donors (Lipinski definition) is 0. The molecule has 138 heavy (non-hydrogen) atoms. The maximum Gasteiger partial charge on any atom is -0.0154 e. The summed E-state index contributed by atoms with van der Waals surface area (Å²) in [6.07, 6.45) is 0. The van der Waals surface area contributed by atoms with Gasteiger partial charge < -0.3 is 0 Å². The first-order chi connectivity index (χ1) is 67.5. The Morgan fingerprint density at radius 3 is 0.181 bits per heavy atom. The Hall–Kier alpha value is -12.5. The molecule has 0 saturated carbocycles. The maximum atomic E-state index is 2.33. The molecule has 0 atom stereocenters. The molecule has 0 aliphatic rings. The highest BCUT2D eigenvalue weighted by Gasteiger charge is 2.17. The van der Waals surface area contributed by atoms with E-state index in [-0.39, 0.29) is 0 Å². The summed E-state index contributed by atoms with van der Waals surface area (Å²) in [6.45, 7) is 86.2. The van der Waals surface area contributed by atoms with Crippen molar-refractivity contribution in [3.05, 3.63) is 431 Å². The molecule has 0 nitrogen and oxygen atoms in total. The SMILES string of the molecule is CC.CC.CC.CC.CC.CC.CC.CC.CC.CC.CC.CC.CC.CC.CC.Cc1ccccc1-c1cc(-c2ccccc2C)cc(-c2ccccc2C)c1.Cc1ccccc1-c1cc(-c2ccccc2C)cc(-c2ccccc2C)c1.Cc1ccccc1-c1cc(-c2ccccc2C)cc(-c2ccccc2C)c1.Cc1ccccc1-c1cc(-c2ccccc2C)cc(-c2ccccc2C)c1.